The number of benzene rings is 1. The Hall–Kier alpha value is -1.40. The molecule has 0 aliphatic carbocycles. The normalized spacial score (nSPS) is 17.2. The number of nitrogens with one attached hydrogen (secondary N) is 1. The van der Waals surface area contributed by atoms with Gasteiger partial charge in [-0.1, -0.05) is 23.9 Å². The van der Waals surface area contributed by atoms with Crippen LogP contribution in [0.1, 0.15) is 24.3 Å². The van der Waals surface area contributed by atoms with Crippen molar-refractivity contribution < 1.29 is 4.39 Å². The molecular formula is C15H19FN4S. The highest BCUT2D eigenvalue weighted by molar-refractivity contribution is 7.99. The third-order valence-electron chi connectivity index (χ3n) is 3.96. The van der Waals surface area contributed by atoms with Gasteiger partial charge < -0.3 is 4.90 Å². The van der Waals surface area contributed by atoms with Gasteiger partial charge in [0.1, 0.15) is 12.1 Å². The maximum Gasteiger partial charge on any atom is 0.208 e. The number of H-pyrrole nitrogens is 1. The predicted octanol–water partition coefficient (Wildman–Crippen LogP) is 2.92. The van der Waals surface area contributed by atoms with Crippen LogP contribution in [-0.4, -0.2) is 45.5 Å². The SMILES string of the molecule is Fc1ccc(C2CCN(CCSc3nc[nH]n3)CC2)cc1. The third kappa shape index (κ3) is 4.04. The van der Waals surface area contributed by atoms with E-state index in [1.807, 2.05) is 12.1 Å². The van der Waals surface area contributed by atoms with Crippen LogP contribution in [0.2, 0.25) is 0 Å². The molecule has 1 aliphatic heterocycles. The van der Waals surface area contributed by atoms with Crippen molar-refractivity contribution in [2.24, 2.45) is 0 Å². The topological polar surface area (TPSA) is 44.8 Å². The van der Waals surface area contributed by atoms with Crippen LogP contribution in [0.4, 0.5) is 4.39 Å². The van der Waals surface area contributed by atoms with Crippen LogP contribution in [0, 0.1) is 5.82 Å². The highest BCUT2D eigenvalue weighted by Gasteiger charge is 2.20. The van der Waals surface area contributed by atoms with Crippen molar-refractivity contribution in [3.63, 3.8) is 0 Å². The minimum Gasteiger partial charge on any atom is -0.302 e. The quantitative estimate of drug-likeness (QED) is 0.863. The molecule has 0 amide bonds. The van der Waals surface area contributed by atoms with Crippen LogP contribution in [0.3, 0.4) is 0 Å². The predicted molar refractivity (Wildman–Crippen MR) is 81.9 cm³/mol. The van der Waals surface area contributed by atoms with Gasteiger partial charge in [-0.25, -0.2) is 9.37 Å². The number of hydrogen-bond donors (Lipinski definition) is 1. The van der Waals surface area contributed by atoms with Gasteiger partial charge >= 0.3 is 0 Å². The van der Waals surface area contributed by atoms with Crippen molar-refractivity contribution >= 4 is 11.8 Å². The summed E-state index contributed by atoms with van der Waals surface area (Å²) in [5, 5.41) is 7.58. The number of hydrogen-bond acceptors (Lipinski definition) is 4. The lowest BCUT2D eigenvalue weighted by Gasteiger charge is -2.32. The van der Waals surface area contributed by atoms with Gasteiger partial charge in [-0.2, -0.15) is 0 Å². The third-order valence-corrected chi connectivity index (χ3v) is 4.80. The lowest BCUT2D eigenvalue weighted by molar-refractivity contribution is 0.224. The molecule has 2 aromatic rings. The van der Waals surface area contributed by atoms with E-state index in [-0.39, 0.29) is 5.82 Å². The Labute approximate surface area is 128 Å². The molecule has 0 spiro atoms. The molecule has 0 atom stereocenters. The van der Waals surface area contributed by atoms with E-state index >= 15 is 0 Å². The molecule has 6 heteroatoms. The number of piperidine rings is 1. The Morgan fingerprint density at radius 2 is 2.00 bits per heavy atom. The Kier molecular flexibility index (Phi) is 4.87. The van der Waals surface area contributed by atoms with E-state index in [1.54, 1.807) is 30.2 Å². The number of aromatic nitrogens is 3. The van der Waals surface area contributed by atoms with E-state index in [9.17, 15) is 4.39 Å². The smallest absolute Gasteiger partial charge is 0.208 e. The van der Waals surface area contributed by atoms with E-state index in [1.165, 1.54) is 5.56 Å². The zero-order chi connectivity index (χ0) is 14.5. The van der Waals surface area contributed by atoms with Gasteiger partial charge in [-0.3, -0.25) is 5.10 Å². The van der Waals surface area contributed by atoms with Gasteiger partial charge in [0.2, 0.25) is 5.16 Å². The standard InChI is InChI=1S/C15H19FN4S/c16-14-3-1-12(2-4-14)13-5-7-20(8-6-13)9-10-21-15-17-11-18-19-15/h1-4,11,13H,5-10H2,(H,17,18,19). The molecule has 0 bridgehead atoms. The highest BCUT2D eigenvalue weighted by atomic mass is 32.2. The van der Waals surface area contributed by atoms with E-state index < -0.39 is 0 Å². The molecule has 3 rings (SSSR count). The van der Waals surface area contributed by atoms with Gasteiger partial charge in [0.25, 0.3) is 0 Å². The molecule has 2 heterocycles. The first-order chi connectivity index (χ1) is 10.3. The van der Waals surface area contributed by atoms with E-state index in [4.69, 9.17) is 0 Å². The summed E-state index contributed by atoms with van der Waals surface area (Å²) >= 11 is 1.68. The number of halogens is 1. The Bertz CT molecular complexity index is 535. The summed E-state index contributed by atoms with van der Waals surface area (Å²) in [5.41, 5.74) is 1.27. The van der Waals surface area contributed by atoms with Gasteiger partial charge in [-0.15, -0.1) is 5.10 Å². The van der Waals surface area contributed by atoms with Crippen molar-refractivity contribution in [1.82, 2.24) is 20.1 Å². The molecule has 0 radical (unpaired) electrons. The lowest BCUT2D eigenvalue weighted by atomic mass is 9.89. The van der Waals surface area contributed by atoms with Crippen LogP contribution >= 0.6 is 11.8 Å². The fourth-order valence-electron chi connectivity index (χ4n) is 2.76. The Morgan fingerprint density at radius 3 is 2.67 bits per heavy atom. The van der Waals surface area contributed by atoms with Gasteiger partial charge in [0.15, 0.2) is 0 Å². The van der Waals surface area contributed by atoms with Gasteiger partial charge in [-0.05, 0) is 49.5 Å². The van der Waals surface area contributed by atoms with Crippen molar-refractivity contribution in [2.45, 2.75) is 23.9 Å². The van der Waals surface area contributed by atoms with Crippen molar-refractivity contribution in [2.75, 3.05) is 25.4 Å². The van der Waals surface area contributed by atoms with Crippen LogP contribution in [0.5, 0.6) is 0 Å². The zero-order valence-electron chi connectivity index (χ0n) is 11.8. The summed E-state index contributed by atoms with van der Waals surface area (Å²) in [6.07, 6.45) is 3.91. The second-order valence-corrected chi connectivity index (χ2v) is 6.36. The highest BCUT2D eigenvalue weighted by Crippen LogP contribution is 2.28. The molecule has 1 aliphatic rings. The maximum atomic E-state index is 12.9. The molecular weight excluding hydrogens is 287 g/mol. The summed E-state index contributed by atoms with van der Waals surface area (Å²) in [6, 6.07) is 6.98. The van der Waals surface area contributed by atoms with Gasteiger partial charge in [0.05, 0.1) is 0 Å². The second-order valence-electron chi connectivity index (χ2n) is 5.30. The second kappa shape index (κ2) is 7.04. The summed E-state index contributed by atoms with van der Waals surface area (Å²) in [6.45, 7) is 3.28. The molecule has 112 valence electrons. The first-order valence-electron chi connectivity index (χ1n) is 7.27. The number of nitrogens with zero attached hydrogens (tertiary/aromatic N) is 3. The average Bonchev–Trinajstić information content (AvgIpc) is 3.02. The summed E-state index contributed by atoms with van der Waals surface area (Å²) in [7, 11) is 0. The van der Waals surface area contributed by atoms with E-state index in [2.05, 4.69) is 20.1 Å². The lowest BCUT2D eigenvalue weighted by Crippen LogP contribution is -2.34. The van der Waals surface area contributed by atoms with Crippen molar-refractivity contribution in [3.8, 4) is 0 Å². The van der Waals surface area contributed by atoms with Crippen molar-refractivity contribution in [1.29, 1.82) is 0 Å². The van der Waals surface area contributed by atoms with Crippen LogP contribution < -0.4 is 0 Å². The molecule has 1 saturated heterocycles. The molecule has 4 nitrogen and oxygen atoms in total. The minimum absolute atomic E-state index is 0.153. The summed E-state index contributed by atoms with van der Waals surface area (Å²) in [5.74, 6) is 1.43. The number of thioether (sulfide) groups is 1. The first-order valence-corrected chi connectivity index (χ1v) is 8.26. The fourth-order valence-corrected chi connectivity index (χ4v) is 3.53. The molecule has 0 unspecified atom stereocenters. The maximum absolute atomic E-state index is 12.9. The van der Waals surface area contributed by atoms with Crippen LogP contribution in [-0.2, 0) is 0 Å². The number of likely N-dealkylation sites (tertiary alicyclic amines) is 1. The fraction of sp³-hybridized carbons (Fsp3) is 0.467. The molecule has 1 aromatic carbocycles. The Balaban J connectivity index is 1.41. The zero-order valence-corrected chi connectivity index (χ0v) is 12.7. The number of aromatic amines is 1. The van der Waals surface area contributed by atoms with Crippen LogP contribution in [0.15, 0.2) is 35.7 Å². The van der Waals surface area contributed by atoms with Crippen LogP contribution in [0.25, 0.3) is 0 Å². The van der Waals surface area contributed by atoms with E-state index in [0.29, 0.717) is 5.92 Å². The average molecular weight is 306 g/mol. The molecule has 21 heavy (non-hydrogen) atoms. The minimum atomic E-state index is -0.153. The van der Waals surface area contributed by atoms with Crippen molar-refractivity contribution in [3.05, 3.63) is 42.0 Å². The molecule has 1 N–H and O–H groups in total. The number of rotatable bonds is 5. The summed E-state index contributed by atoms with van der Waals surface area (Å²) in [4.78, 5) is 6.59. The first kappa shape index (κ1) is 14.5. The molecule has 1 aromatic heterocycles. The largest absolute Gasteiger partial charge is 0.302 e. The van der Waals surface area contributed by atoms with E-state index in [0.717, 1.165) is 43.4 Å². The molecule has 1 fully saturated rings. The molecule has 0 saturated carbocycles. The monoisotopic (exact) mass is 306 g/mol. The Morgan fingerprint density at radius 1 is 1.24 bits per heavy atom. The van der Waals surface area contributed by atoms with Gasteiger partial charge in [0, 0.05) is 12.3 Å². The summed E-state index contributed by atoms with van der Waals surface area (Å²) < 4.78 is 12.9.